The highest BCUT2D eigenvalue weighted by molar-refractivity contribution is 5.68. The fraction of sp³-hybridized carbons (Fsp3) is 0.462. The van der Waals surface area contributed by atoms with Crippen molar-refractivity contribution in [2.24, 2.45) is 10.9 Å². The van der Waals surface area contributed by atoms with Gasteiger partial charge < -0.3 is 30.9 Å². The summed E-state index contributed by atoms with van der Waals surface area (Å²) in [6, 6.07) is 0. The van der Waals surface area contributed by atoms with Crippen molar-refractivity contribution >= 4 is 11.2 Å². The highest BCUT2D eigenvalue weighted by Gasteiger charge is 2.47. The van der Waals surface area contributed by atoms with E-state index >= 15 is 0 Å². The Morgan fingerprint density at radius 1 is 1.43 bits per heavy atom. The lowest BCUT2D eigenvalue weighted by Gasteiger charge is -2.17. The number of nitrogens with one attached hydrogen (secondary N) is 1. The molecule has 0 amide bonds. The normalized spacial score (nSPS) is 29.5. The summed E-state index contributed by atoms with van der Waals surface area (Å²) in [4.78, 5) is 10.9. The van der Waals surface area contributed by atoms with E-state index in [1.807, 2.05) is 0 Å². The molecule has 2 aromatic rings. The Bertz CT molecular complexity index is 834. The molecule has 3 rings (SSSR count). The van der Waals surface area contributed by atoms with Crippen LogP contribution in [0.15, 0.2) is 17.8 Å². The Morgan fingerprint density at radius 3 is 2.91 bits per heavy atom. The van der Waals surface area contributed by atoms with Crippen LogP contribution in [0.2, 0.25) is 0 Å². The van der Waals surface area contributed by atoms with E-state index in [4.69, 9.17) is 10.6 Å². The van der Waals surface area contributed by atoms with E-state index in [1.54, 1.807) is 6.92 Å². The first-order valence-corrected chi connectivity index (χ1v) is 6.84. The number of imidazole rings is 1. The van der Waals surface area contributed by atoms with Crippen molar-refractivity contribution in [1.29, 1.82) is 0 Å². The van der Waals surface area contributed by atoms with Crippen LogP contribution in [0, 0.1) is 11.8 Å². The number of nitrogens with two attached hydrogens (primary N) is 1. The summed E-state index contributed by atoms with van der Waals surface area (Å²) in [5.41, 5.74) is 1.06. The zero-order chi connectivity index (χ0) is 16.6. The summed E-state index contributed by atoms with van der Waals surface area (Å²) in [5, 5.41) is 33.8. The second-order valence-electron chi connectivity index (χ2n) is 5.02. The Balaban J connectivity index is 2.01. The lowest BCUT2D eigenvalue weighted by atomic mass is 10.1. The van der Waals surface area contributed by atoms with E-state index in [0.717, 1.165) is 0 Å². The summed E-state index contributed by atoms with van der Waals surface area (Å²) in [5.74, 6) is 10.3. The summed E-state index contributed by atoms with van der Waals surface area (Å²) in [6.07, 6.45) is -3.01. The molecule has 5 atom stereocenters. The van der Waals surface area contributed by atoms with Crippen molar-refractivity contribution in [3.8, 4) is 11.8 Å². The van der Waals surface area contributed by atoms with Gasteiger partial charge in [0.1, 0.15) is 30.1 Å². The minimum absolute atomic E-state index is 0.221. The van der Waals surface area contributed by atoms with E-state index in [-0.39, 0.29) is 5.49 Å². The first-order chi connectivity index (χ1) is 11.1. The van der Waals surface area contributed by atoms with Gasteiger partial charge in [-0.3, -0.25) is 4.57 Å². The van der Waals surface area contributed by atoms with E-state index in [0.29, 0.717) is 11.2 Å². The molecule has 10 nitrogen and oxygen atoms in total. The van der Waals surface area contributed by atoms with Crippen molar-refractivity contribution < 1.29 is 20.1 Å². The fourth-order valence-electron chi connectivity index (χ4n) is 2.58. The lowest BCUT2D eigenvalue weighted by molar-refractivity contribution is -0.0673. The number of hydrogen-bond donors (Lipinski definition) is 5. The van der Waals surface area contributed by atoms with Gasteiger partial charge in [-0.05, 0) is 6.92 Å². The maximum absolute atomic E-state index is 10.2. The Kier molecular flexibility index (Phi) is 4.01. The monoisotopic (exact) mass is 320 g/mol. The molecular weight excluding hydrogens is 304 g/mol. The van der Waals surface area contributed by atoms with Gasteiger partial charge in [-0.1, -0.05) is 5.92 Å². The van der Waals surface area contributed by atoms with Crippen LogP contribution in [-0.4, -0.2) is 59.3 Å². The molecule has 0 unspecified atom stereocenters. The van der Waals surface area contributed by atoms with Crippen molar-refractivity contribution in [3.63, 3.8) is 0 Å². The first kappa shape index (κ1) is 15.4. The molecule has 0 aliphatic carbocycles. The molecule has 23 heavy (non-hydrogen) atoms. The van der Waals surface area contributed by atoms with Crippen molar-refractivity contribution in [2.75, 3.05) is 0 Å². The number of aliphatic hydroxyl groups is 3. The number of rotatable bonds is 2. The first-order valence-electron chi connectivity index (χ1n) is 6.84. The number of fused-ring (bicyclic) bond motifs is 1. The third-order valence-corrected chi connectivity index (χ3v) is 3.67. The Labute approximate surface area is 130 Å². The maximum atomic E-state index is 10.2. The summed E-state index contributed by atoms with van der Waals surface area (Å²) in [7, 11) is 0. The molecule has 3 heterocycles. The van der Waals surface area contributed by atoms with Crippen LogP contribution >= 0.6 is 0 Å². The Hall–Kier alpha value is -2.45. The van der Waals surface area contributed by atoms with Gasteiger partial charge in [-0.25, -0.2) is 9.97 Å². The smallest absolute Gasteiger partial charge is 0.202 e. The van der Waals surface area contributed by atoms with E-state index in [2.05, 4.69) is 31.9 Å². The molecule has 1 aliphatic rings. The highest BCUT2D eigenvalue weighted by atomic mass is 16.6. The molecule has 0 aromatic carbocycles. The van der Waals surface area contributed by atoms with Crippen LogP contribution in [0.1, 0.15) is 13.2 Å². The van der Waals surface area contributed by atoms with E-state index in [1.165, 1.54) is 17.2 Å². The molecule has 1 aliphatic heterocycles. The van der Waals surface area contributed by atoms with Crippen LogP contribution in [-0.2, 0) is 4.74 Å². The number of aliphatic hydroxyl groups excluding tert-OH is 3. The van der Waals surface area contributed by atoms with Gasteiger partial charge in [0, 0.05) is 0 Å². The quantitative estimate of drug-likeness (QED) is 0.233. The molecule has 10 heteroatoms. The summed E-state index contributed by atoms with van der Waals surface area (Å²) < 4.78 is 7.07. The van der Waals surface area contributed by atoms with E-state index < -0.39 is 30.6 Å². The van der Waals surface area contributed by atoms with Gasteiger partial charge in [-0.2, -0.15) is 5.10 Å². The molecule has 1 fully saturated rings. The fourth-order valence-corrected chi connectivity index (χ4v) is 2.58. The van der Waals surface area contributed by atoms with E-state index in [9.17, 15) is 15.3 Å². The van der Waals surface area contributed by atoms with Crippen LogP contribution in [0.3, 0.4) is 0 Å². The second-order valence-corrected chi connectivity index (χ2v) is 5.02. The zero-order valence-corrected chi connectivity index (χ0v) is 12.2. The van der Waals surface area contributed by atoms with Gasteiger partial charge in [0.2, 0.25) is 5.49 Å². The number of H-pyrrole nitrogens is 1. The highest BCUT2D eigenvalue weighted by Crippen LogP contribution is 2.32. The van der Waals surface area contributed by atoms with Crippen LogP contribution in [0.5, 0.6) is 0 Å². The van der Waals surface area contributed by atoms with Crippen LogP contribution in [0.4, 0.5) is 0 Å². The molecule has 0 spiro atoms. The minimum atomic E-state index is -1.30. The van der Waals surface area contributed by atoms with Crippen molar-refractivity contribution in [1.82, 2.24) is 19.5 Å². The molecule has 0 bridgehead atoms. The van der Waals surface area contributed by atoms with Gasteiger partial charge in [0.05, 0.1) is 12.7 Å². The number of hydrogen-bond acceptors (Lipinski definition) is 8. The summed E-state index contributed by atoms with van der Waals surface area (Å²) >= 11 is 0. The van der Waals surface area contributed by atoms with Gasteiger partial charge in [0.25, 0.3) is 0 Å². The minimum Gasteiger partial charge on any atom is -0.387 e. The standard InChI is InChI=1S/C13H16N6O4/c1-2-3-6(20)10-8(21)9(22)13(23-10)19-5-17-7-11(18-14)15-4-16-12(7)19/h4-6,8-10,13,20-22H,14H2,1H3,(H,15,16,18)/t6-,8+,9-,10-,13-/m1/s1. The zero-order valence-electron chi connectivity index (χ0n) is 12.2. The largest absolute Gasteiger partial charge is 0.387 e. The molecular formula is C13H16N6O4. The van der Waals surface area contributed by atoms with Gasteiger partial charge in [-0.15, -0.1) is 5.92 Å². The van der Waals surface area contributed by atoms with Crippen LogP contribution < -0.4 is 11.3 Å². The number of nitrogens with zero attached hydrogens (tertiary/aromatic N) is 4. The third-order valence-electron chi connectivity index (χ3n) is 3.67. The molecule has 1 saturated heterocycles. The number of aromatic nitrogens is 4. The van der Waals surface area contributed by atoms with Gasteiger partial charge >= 0.3 is 0 Å². The third kappa shape index (κ3) is 2.45. The molecule has 122 valence electrons. The maximum Gasteiger partial charge on any atom is 0.202 e. The van der Waals surface area contributed by atoms with Crippen molar-refractivity contribution in [3.05, 3.63) is 18.1 Å². The predicted molar refractivity (Wildman–Crippen MR) is 77.0 cm³/mol. The topological polar surface area (TPSA) is 155 Å². The lowest BCUT2D eigenvalue weighted by Crippen LogP contribution is -2.38. The van der Waals surface area contributed by atoms with Crippen LogP contribution in [0.25, 0.3) is 11.2 Å². The molecule has 2 aromatic heterocycles. The number of ether oxygens (including phenoxy) is 1. The average molecular weight is 320 g/mol. The van der Waals surface area contributed by atoms with Gasteiger partial charge in [0.15, 0.2) is 11.7 Å². The summed E-state index contributed by atoms with van der Waals surface area (Å²) in [6.45, 7) is 1.56. The molecule has 0 saturated carbocycles. The molecule has 6 N–H and O–H groups in total. The SMILES string of the molecule is CC#C[C@@H](O)[C@H]1O[C@@H](n2cnc3/c(=N\N)nc[nH]c32)[C@H](O)[C@@H]1O. The second kappa shape index (κ2) is 5.98. The number of aromatic amines is 1. The Morgan fingerprint density at radius 2 is 2.22 bits per heavy atom. The molecule has 0 radical (unpaired) electrons. The predicted octanol–water partition coefficient (Wildman–Crippen LogP) is -2.46. The average Bonchev–Trinajstić information content (AvgIpc) is 3.10. The van der Waals surface area contributed by atoms with Crippen molar-refractivity contribution in [2.45, 2.75) is 37.6 Å².